The second-order valence-electron chi connectivity index (χ2n) is 4.75. The summed E-state index contributed by atoms with van der Waals surface area (Å²) in [5.41, 5.74) is 1.23. The molecule has 20 heavy (non-hydrogen) atoms. The molecular weight excluding hydrogens is 334 g/mol. The summed E-state index contributed by atoms with van der Waals surface area (Å²) in [6.07, 6.45) is 3.01. The summed E-state index contributed by atoms with van der Waals surface area (Å²) < 4.78 is 1.03. The van der Waals surface area contributed by atoms with E-state index in [4.69, 9.17) is 0 Å². The van der Waals surface area contributed by atoms with Gasteiger partial charge in [-0.15, -0.1) is 11.3 Å². The van der Waals surface area contributed by atoms with Gasteiger partial charge in [-0.05, 0) is 46.4 Å². The van der Waals surface area contributed by atoms with Crippen LogP contribution >= 0.6 is 27.3 Å². The lowest BCUT2D eigenvalue weighted by Gasteiger charge is -2.21. The summed E-state index contributed by atoms with van der Waals surface area (Å²) >= 11 is 5.29. The van der Waals surface area contributed by atoms with Crippen LogP contribution in [-0.4, -0.2) is 18.6 Å². The number of rotatable bonds is 7. The first-order valence-electron chi connectivity index (χ1n) is 6.79. The van der Waals surface area contributed by atoms with Crippen LogP contribution in [0.15, 0.2) is 34.2 Å². The summed E-state index contributed by atoms with van der Waals surface area (Å²) in [4.78, 5) is 8.14. The molecule has 0 aliphatic carbocycles. The van der Waals surface area contributed by atoms with Gasteiger partial charge in [-0.25, -0.2) is 4.98 Å². The molecule has 5 heteroatoms. The topological polar surface area (TPSA) is 28.2 Å². The van der Waals surface area contributed by atoms with Crippen molar-refractivity contribution in [1.29, 1.82) is 0 Å². The molecule has 0 saturated heterocycles. The third kappa shape index (κ3) is 4.30. The molecule has 0 bridgehead atoms. The minimum Gasteiger partial charge on any atom is -0.354 e. The molecule has 0 amide bonds. The highest BCUT2D eigenvalue weighted by Crippen LogP contribution is 2.23. The molecule has 0 spiro atoms. The zero-order valence-corrected chi connectivity index (χ0v) is 14.3. The Balaban J connectivity index is 2.12. The predicted octanol–water partition coefficient (Wildman–Crippen LogP) is 4.04. The monoisotopic (exact) mass is 353 g/mol. The van der Waals surface area contributed by atoms with Crippen molar-refractivity contribution < 1.29 is 0 Å². The highest BCUT2D eigenvalue weighted by atomic mass is 79.9. The molecule has 0 aromatic carbocycles. The van der Waals surface area contributed by atoms with Gasteiger partial charge in [0, 0.05) is 34.7 Å². The molecule has 0 fully saturated rings. The van der Waals surface area contributed by atoms with Crippen LogP contribution in [0.3, 0.4) is 0 Å². The largest absolute Gasteiger partial charge is 0.354 e. The van der Waals surface area contributed by atoms with Gasteiger partial charge in [0.15, 0.2) is 0 Å². The Morgan fingerprint density at radius 1 is 1.45 bits per heavy atom. The normalized spacial score (nSPS) is 10.8. The molecule has 108 valence electrons. The van der Waals surface area contributed by atoms with Crippen LogP contribution in [0.2, 0.25) is 0 Å². The molecule has 0 aliphatic heterocycles. The van der Waals surface area contributed by atoms with Gasteiger partial charge in [-0.2, -0.15) is 0 Å². The lowest BCUT2D eigenvalue weighted by Crippen LogP contribution is -2.22. The fraction of sp³-hybridized carbons (Fsp3) is 0.400. The Labute approximate surface area is 133 Å². The summed E-state index contributed by atoms with van der Waals surface area (Å²) in [6, 6.07) is 6.40. The fourth-order valence-electron chi connectivity index (χ4n) is 2.06. The molecule has 2 heterocycles. The van der Waals surface area contributed by atoms with Crippen LogP contribution in [-0.2, 0) is 13.1 Å². The number of hydrogen-bond acceptors (Lipinski definition) is 4. The Bertz CT molecular complexity index is 528. The van der Waals surface area contributed by atoms with Gasteiger partial charge in [0.05, 0.1) is 6.54 Å². The van der Waals surface area contributed by atoms with Crippen molar-refractivity contribution in [3.05, 3.63) is 44.7 Å². The summed E-state index contributed by atoms with van der Waals surface area (Å²) in [7, 11) is 2.10. The molecule has 0 unspecified atom stereocenters. The number of halogens is 1. The zero-order valence-electron chi connectivity index (χ0n) is 11.9. The van der Waals surface area contributed by atoms with Gasteiger partial charge in [-0.3, -0.25) is 0 Å². The van der Waals surface area contributed by atoms with Gasteiger partial charge < -0.3 is 10.2 Å². The molecule has 0 atom stereocenters. The molecule has 2 aromatic rings. The molecule has 0 saturated carbocycles. The van der Waals surface area contributed by atoms with Crippen LogP contribution < -0.4 is 10.2 Å². The van der Waals surface area contributed by atoms with Crippen molar-refractivity contribution in [1.82, 2.24) is 10.3 Å². The second-order valence-corrected chi connectivity index (χ2v) is 6.70. The maximum absolute atomic E-state index is 4.58. The lowest BCUT2D eigenvalue weighted by molar-refractivity contribution is 0.671. The van der Waals surface area contributed by atoms with Crippen LogP contribution in [0.25, 0.3) is 0 Å². The smallest absolute Gasteiger partial charge is 0.133 e. The minimum absolute atomic E-state index is 0.852. The van der Waals surface area contributed by atoms with E-state index < -0.39 is 0 Å². The third-order valence-electron chi connectivity index (χ3n) is 2.99. The highest BCUT2D eigenvalue weighted by Gasteiger charge is 2.10. The molecular formula is C15H20BrN3S. The average Bonchev–Trinajstić information content (AvgIpc) is 2.92. The number of aromatic nitrogens is 1. The molecule has 1 N–H and O–H groups in total. The van der Waals surface area contributed by atoms with Crippen LogP contribution in [0, 0.1) is 0 Å². The second kappa shape index (κ2) is 7.76. The summed E-state index contributed by atoms with van der Waals surface area (Å²) in [5.74, 6) is 1.05. The number of nitrogens with zero attached hydrogens (tertiary/aromatic N) is 2. The summed E-state index contributed by atoms with van der Waals surface area (Å²) in [5, 5.41) is 5.56. The molecule has 2 rings (SSSR count). The Kier molecular flexibility index (Phi) is 6.01. The molecule has 0 aliphatic rings. The predicted molar refractivity (Wildman–Crippen MR) is 90.4 cm³/mol. The van der Waals surface area contributed by atoms with E-state index in [1.165, 1.54) is 10.4 Å². The van der Waals surface area contributed by atoms with E-state index in [-0.39, 0.29) is 0 Å². The summed E-state index contributed by atoms with van der Waals surface area (Å²) in [6.45, 7) is 4.95. The fourth-order valence-corrected chi connectivity index (χ4v) is 3.19. The number of pyridine rings is 1. The van der Waals surface area contributed by atoms with E-state index >= 15 is 0 Å². The van der Waals surface area contributed by atoms with E-state index in [2.05, 4.69) is 68.7 Å². The van der Waals surface area contributed by atoms with Crippen LogP contribution in [0.4, 0.5) is 5.82 Å². The van der Waals surface area contributed by atoms with Crippen LogP contribution in [0.5, 0.6) is 0 Å². The third-order valence-corrected chi connectivity index (χ3v) is 4.28. The lowest BCUT2D eigenvalue weighted by atomic mass is 10.2. The van der Waals surface area contributed by atoms with Crippen molar-refractivity contribution in [3.63, 3.8) is 0 Å². The van der Waals surface area contributed by atoms with Crippen molar-refractivity contribution in [2.24, 2.45) is 0 Å². The Morgan fingerprint density at radius 3 is 3.00 bits per heavy atom. The first kappa shape index (κ1) is 15.5. The zero-order chi connectivity index (χ0) is 14.4. The van der Waals surface area contributed by atoms with Gasteiger partial charge in [0.25, 0.3) is 0 Å². The van der Waals surface area contributed by atoms with E-state index in [0.29, 0.717) is 0 Å². The van der Waals surface area contributed by atoms with Crippen molar-refractivity contribution in [2.75, 3.05) is 18.5 Å². The van der Waals surface area contributed by atoms with Gasteiger partial charge in [0.2, 0.25) is 0 Å². The van der Waals surface area contributed by atoms with E-state index in [1.54, 1.807) is 11.3 Å². The molecule has 3 nitrogen and oxygen atoms in total. The first-order chi connectivity index (χ1) is 9.70. The average molecular weight is 354 g/mol. The number of nitrogens with one attached hydrogen (secondary N) is 1. The van der Waals surface area contributed by atoms with Gasteiger partial charge in [0.1, 0.15) is 5.82 Å². The molecule has 2 aromatic heterocycles. The van der Waals surface area contributed by atoms with Gasteiger partial charge in [-0.1, -0.05) is 13.0 Å². The Hall–Kier alpha value is -0.910. The van der Waals surface area contributed by atoms with E-state index in [1.807, 2.05) is 6.20 Å². The number of hydrogen-bond donors (Lipinski definition) is 1. The SMILES string of the molecule is CCCNCc1cc(Br)cnc1N(C)Cc1cccs1. The Morgan fingerprint density at radius 2 is 2.30 bits per heavy atom. The van der Waals surface area contributed by atoms with Crippen molar-refractivity contribution >= 4 is 33.1 Å². The minimum atomic E-state index is 0.852. The van der Waals surface area contributed by atoms with Crippen molar-refractivity contribution in [2.45, 2.75) is 26.4 Å². The maximum Gasteiger partial charge on any atom is 0.133 e. The molecule has 0 radical (unpaired) electrons. The quantitative estimate of drug-likeness (QED) is 0.761. The highest BCUT2D eigenvalue weighted by molar-refractivity contribution is 9.10. The van der Waals surface area contributed by atoms with E-state index in [0.717, 1.165) is 36.3 Å². The first-order valence-corrected chi connectivity index (χ1v) is 8.46. The van der Waals surface area contributed by atoms with Crippen molar-refractivity contribution in [3.8, 4) is 0 Å². The van der Waals surface area contributed by atoms with E-state index in [9.17, 15) is 0 Å². The van der Waals surface area contributed by atoms with Gasteiger partial charge >= 0.3 is 0 Å². The van der Waals surface area contributed by atoms with Crippen LogP contribution in [0.1, 0.15) is 23.8 Å². The maximum atomic E-state index is 4.58. The standard InChI is InChI=1S/C15H20BrN3S/c1-3-6-17-9-12-8-13(16)10-18-15(12)19(2)11-14-5-4-7-20-14/h4-5,7-8,10,17H,3,6,9,11H2,1-2H3. The number of thiophene rings is 1. The number of anilines is 1.